The van der Waals surface area contributed by atoms with Crippen LogP contribution >= 0.6 is 0 Å². The van der Waals surface area contributed by atoms with Gasteiger partial charge in [-0.15, -0.1) is 0 Å². The summed E-state index contributed by atoms with van der Waals surface area (Å²) in [5, 5.41) is 0. The lowest BCUT2D eigenvalue weighted by molar-refractivity contribution is -0.142. The molecule has 1 atom stereocenters. The molecule has 0 fully saturated rings. The van der Waals surface area contributed by atoms with E-state index < -0.39 is 23.6 Å². The molecule has 0 bridgehead atoms. The maximum Gasteiger partial charge on any atom is 0.322 e. The maximum absolute atomic E-state index is 13.1. The summed E-state index contributed by atoms with van der Waals surface area (Å²) in [6.07, 6.45) is -0.0870. The van der Waals surface area contributed by atoms with Gasteiger partial charge in [-0.1, -0.05) is 0 Å². The molecule has 0 saturated heterocycles. The van der Waals surface area contributed by atoms with Crippen molar-refractivity contribution in [3.63, 3.8) is 0 Å². The molecule has 1 rings (SSSR count). The summed E-state index contributed by atoms with van der Waals surface area (Å²) in [5.41, 5.74) is 5.48. The Morgan fingerprint density at radius 2 is 2.20 bits per heavy atom. The van der Waals surface area contributed by atoms with Gasteiger partial charge in [0.25, 0.3) is 0 Å². The minimum Gasteiger partial charge on any atom is -0.468 e. The molecule has 82 valence electrons. The minimum absolute atomic E-state index is 0.0629. The smallest absolute Gasteiger partial charge is 0.322 e. The second kappa shape index (κ2) is 4.84. The quantitative estimate of drug-likeness (QED) is 0.765. The van der Waals surface area contributed by atoms with E-state index in [-0.39, 0.29) is 12.0 Å². The number of halogens is 2. The van der Waals surface area contributed by atoms with Crippen LogP contribution in [0.2, 0.25) is 0 Å². The number of nitrogens with two attached hydrogens (primary N) is 1. The number of carbonyl (C=O) groups is 1. The predicted octanol–water partition coefficient (Wildman–Crippen LogP) is 1.01. The number of rotatable bonds is 3. The van der Waals surface area contributed by atoms with E-state index in [1.165, 1.54) is 7.11 Å². The number of hydrogen-bond donors (Lipinski definition) is 1. The van der Waals surface area contributed by atoms with Crippen LogP contribution in [0.3, 0.4) is 0 Å². The molecule has 0 heterocycles. The zero-order chi connectivity index (χ0) is 11.4. The van der Waals surface area contributed by atoms with E-state index >= 15 is 0 Å². The molecule has 0 aliphatic heterocycles. The summed E-state index contributed by atoms with van der Waals surface area (Å²) in [5.74, 6) is -1.81. The van der Waals surface area contributed by atoms with Gasteiger partial charge in [0.15, 0.2) is 0 Å². The Labute approximate surface area is 85.8 Å². The van der Waals surface area contributed by atoms with Crippen LogP contribution < -0.4 is 5.73 Å². The highest BCUT2D eigenvalue weighted by atomic mass is 19.1. The number of carbonyl (C=O) groups excluding carboxylic acids is 1. The Morgan fingerprint density at radius 3 is 2.80 bits per heavy atom. The Bertz CT molecular complexity index is 368. The van der Waals surface area contributed by atoms with Crippen molar-refractivity contribution in [2.24, 2.45) is 5.73 Å². The van der Waals surface area contributed by atoms with Gasteiger partial charge < -0.3 is 10.5 Å². The number of methoxy groups -OCH3 is 1. The summed E-state index contributed by atoms with van der Waals surface area (Å²) in [6, 6.07) is 2.03. The Hall–Kier alpha value is -1.49. The van der Waals surface area contributed by atoms with Gasteiger partial charge in [-0.25, -0.2) is 8.78 Å². The van der Waals surface area contributed by atoms with Crippen LogP contribution in [0.25, 0.3) is 0 Å². The van der Waals surface area contributed by atoms with Crippen molar-refractivity contribution < 1.29 is 18.3 Å². The van der Waals surface area contributed by atoms with Crippen LogP contribution in [0.15, 0.2) is 18.2 Å². The maximum atomic E-state index is 13.1. The fraction of sp³-hybridized carbons (Fsp3) is 0.300. The van der Waals surface area contributed by atoms with E-state index in [1.807, 2.05) is 0 Å². The first-order valence-electron chi connectivity index (χ1n) is 4.32. The van der Waals surface area contributed by atoms with Crippen LogP contribution in [0.5, 0.6) is 0 Å². The lowest BCUT2D eigenvalue weighted by atomic mass is 10.1. The fourth-order valence-corrected chi connectivity index (χ4v) is 1.17. The van der Waals surface area contributed by atoms with Gasteiger partial charge in [-0.2, -0.15) is 0 Å². The van der Waals surface area contributed by atoms with Gasteiger partial charge in [0.05, 0.1) is 7.11 Å². The van der Waals surface area contributed by atoms with Crippen LogP contribution in [-0.4, -0.2) is 19.1 Å². The van der Waals surface area contributed by atoms with Gasteiger partial charge in [-0.05, 0) is 23.8 Å². The number of benzene rings is 1. The molecule has 0 aliphatic carbocycles. The first kappa shape index (κ1) is 11.6. The largest absolute Gasteiger partial charge is 0.468 e. The average Bonchev–Trinajstić information content (AvgIpc) is 2.22. The monoisotopic (exact) mass is 215 g/mol. The van der Waals surface area contributed by atoms with E-state index in [0.29, 0.717) is 0 Å². The Morgan fingerprint density at radius 1 is 1.53 bits per heavy atom. The molecule has 1 aromatic carbocycles. The first-order chi connectivity index (χ1) is 7.04. The van der Waals surface area contributed by atoms with Crippen molar-refractivity contribution >= 4 is 5.97 Å². The predicted molar refractivity (Wildman–Crippen MR) is 50.1 cm³/mol. The lowest BCUT2D eigenvalue weighted by Gasteiger charge is -2.09. The zero-order valence-electron chi connectivity index (χ0n) is 8.17. The molecule has 0 aromatic heterocycles. The summed E-state index contributed by atoms with van der Waals surface area (Å²) in [6.45, 7) is 0. The van der Waals surface area contributed by atoms with Crippen molar-refractivity contribution in [3.05, 3.63) is 35.4 Å². The van der Waals surface area contributed by atoms with Crippen LogP contribution in [0.1, 0.15) is 5.56 Å². The van der Waals surface area contributed by atoms with E-state index in [4.69, 9.17) is 5.73 Å². The summed E-state index contributed by atoms with van der Waals surface area (Å²) in [7, 11) is 1.18. The topological polar surface area (TPSA) is 52.3 Å². The molecule has 0 spiro atoms. The summed E-state index contributed by atoms with van der Waals surface area (Å²) < 4.78 is 30.3. The average molecular weight is 215 g/mol. The van der Waals surface area contributed by atoms with Gasteiger partial charge >= 0.3 is 5.97 Å². The summed E-state index contributed by atoms with van der Waals surface area (Å²) >= 11 is 0. The van der Waals surface area contributed by atoms with Crippen molar-refractivity contribution in [2.75, 3.05) is 7.11 Å². The molecule has 0 saturated carbocycles. The lowest BCUT2D eigenvalue weighted by Crippen LogP contribution is -2.33. The van der Waals surface area contributed by atoms with Crippen molar-refractivity contribution in [2.45, 2.75) is 12.5 Å². The highest BCUT2D eigenvalue weighted by Gasteiger charge is 2.16. The molecule has 0 amide bonds. The third kappa shape index (κ3) is 2.99. The molecular formula is C10H11F2NO2. The van der Waals surface area contributed by atoms with Crippen molar-refractivity contribution in [1.29, 1.82) is 0 Å². The van der Waals surface area contributed by atoms with E-state index in [2.05, 4.69) is 4.74 Å². The van der Waals surface area contributed by atoms with Gasteiger partial charge in [0, 0.05) is 6.42 Å². The van der Waals surface area contributed by atoms with Crippen LogP contribution in [-0.2, 0) is 16.0 Å². The molecule has 0 aliphatic rings. The van der Waals surface area contributed by atoms with Crippen LogP contribution in [0, 0.1) is 11.6 Å². The first-order valence-corrected chi connectivity index (χ1v) is 4.32. The molecule has 0 unspecified atom stereocenters. The zero-order valence-corrected chi connectivity index (χ0v) is 8.17. The van der Waals surface area contributed by atoms with E-state index in [1.54, 1.807) is 0 Å². The highest BCUT2D eigenvalue weighted by molar-refractivity contribution is 5.75. The third-order valence-corrected chi connectivity index (χ3v) is 1.95. The Kier molecular flexibility index (Phi) is 3.74. The molecule has 2 N–H and O–H groups in total. The van der Waals surface area contributed by atoms with Crippen molar-refractivity contribution in [1.82, 2.24) is 0 Å². The van der Waals surface area contributed by atoms with Crippen LogP contribution in [0.4, 0.5) is 8.78 Å². The SMILES string of the molecule is COC(=O)[C@H](N)Cc1cc(F)ccc1F. The second-order valence-electron chi connectivity index (χ2n) is 3.07. The highest BCUT2D eigenvalue weighted by Crippen LogP contribution is 2.11. The van der Waals surface area contributed by atoms with E-state index in [0.717, 1.165) is 18.2 Å². The number of ether oxygens (including phenoxy) is 1. The number of esters is 1. The van der Waals surface area contributed by atoms with Gasteiger partial charge in [0.2, 0.25) is 0 Å². The molecule has 3 nitrogen and oxygen atoms in total. The standard InChI is InChI=1S/C10H11F2NO2/c1-15-10(14)9(13)5-6-4-7(11)2-3-8(6)12/h2-4,9H,5,13H2,1H3/t9-/m1/s1. The molecule has 5 heteroatoms. The van der Waals surface area contributed by atoms with E-state index in [9.17, 15) is 13.6 Å². The Balaban J connectivity index is 2.80. The second-order valence-corrected chi connectivity index (χ2v) is 3.07. The molecule has 15 heavy (non-hydrogen) atoms. The minimum atomic E-state index is -0.980. The van der Waals surface area contributed by atoms with Crippen molar-refractivity contribution in [3.8, 4) is 0 Å². The van der Waals surface area contributed by atoms with Gasteiger partial charge in [0.1, 0.15) is 17.7 Å². The fourth-order valence-electron chi connectivity index (χ4n) is 1.17. The molecule has 0 radical (unpaired) electrons. The molecular weight excluding hydrogens is 204 g/mol. The molecule has 1 aromatic rings. The van der Waals surface area contributed by atoms with Gasteiger partial charge in [-0.3, -0.25) is 4.79 Å². The number of hydrogen-bond acceptors (Lipinski definition) is 3. The third-order valence-electron chi connectivity index (χ3n) is 1.95. The normalized spacial score (nSPS) is 12.3. The summed E-state index contributed by atoms with van der Waals surface area (Å²) in [4.78, 5) is 10.9.